The van der Waals surface area contributed by atoms with E-state index in [1.807, 2.05) is 36.0 Å². The number of carbonyl (C=O) groups is 1. The molecule has 0 aliphatic heterocycles. The highest BCUT2D eigenvalue weighted by molar-refractivity contribution is 8.00. The predicted molar refractivity (Wildman–Crippen MR) is 96.8 cm³/mol. The molecule has 0 fully saturated rings. The SMILES string of the molecule is Cc1ccc(SCC(=O)NNS(=O)(=O)c2cccc(Cl)c2Cl)cc1. The van der Waals surface area contributed by atoms with Gasteiger partial charge < -0.3 is 0 Å². The van der Waals surface area contributed by atoms with E-state index in [0.717, 1.165) is 10.5 Å². The van der Waals surface area contributed by atoms with E-state index in [0.29, 0.717) is 0 Å². The molecule has 2 rings (SSSR count). The van der Waals surface area contributed by atoms with E-state index < -0.39 is 15.9 Å². The van der Waals surface area contributed by atoms with Crippen LogP contribution in [-0.2, 0) is 14.8 Å². The lowest BCUT2D eigenvalue weighted by molar-refractivity contribution is -0.119. The van der Waals surface area contributed by atoms with Crippen molar-refractivity contribution in [3.05, 3.63) is 58.1 Å². The Morgan fingerprint density at radius 1 is 1.12 bits per heavy atom. The first-order valence-electron chi connectivity index (χ1n) is 6.74. The van der Waals surface area contributed by atoms with Crippen LogP contribution in [0.1, 0.15) is 5.56 Å². The normalized spacial score (nSPS) is 11.3. The fourth-order valence-corrected chi connectivity index (χ4v) is 4.01. The largest absolute Gasteiger partial charge is 0.277 e. The van der Waals surface area contributed by atoms with Crippen LogP contribution in [-0.4, -0.2) is 20.1 Å². The first-order valence-corrected chi connectivity index (χ1v) is 9.96. The third-order valence-electron chi connectivity index (χ3n) is 2.92. The highest BCUT2D eigenvalue weighted by atomic mass is 35.5. The average molecular weight is 405 g/mol. The quantitative estimate of drug-likeness (QED) is 0.571. The van der Waals surface area contributed by atoms with E-state index in [1.165, 1.54) is 30.0 Å². The minimum absolute atomic E-state index is 0.0643. The molecule has 0 heterocycles. The third-order valence-corrected chi connectivity index (χ3v) is 6.15. The Bertz CT molecular complexity index is 840. The molecule has 9 heteroatoms. The van der Waals surface area contributed by atoms with E-state index in [4.69, 9.17) is 23.2 Å². The Kier molecular flexibility index (Phi) is 6.54. The van der Waals surface area contributed by atoms with Crippen LogP contribution in [0.25, 0.3) is 0 Å². The van der Waals surface area contributed by atoms with Gasteiger partial charge in [0.25, 0.3) is 10.0 Å². The van der Waals surface area contributed by atoms with Gasteiger partial charge in [0.1, 0.15) is 4.90 Å². The van der Waals surface area contributed by atoms with Crippen LogP contribution in [0, 0.1) is 6.92 Å². The fraction of sp³-hybridized carbons (Fsp3) is 0.133. The Hall–Kier alpha value is -1.25. The molecule has 5 nitrogen and oxygen atoms in total. The zero-order chi connectivity index (χ0) is 17.7. The second kappa shape index (κ2) is 8.22. The van der Waals surface area contributed by atoms with Gasteiger partial charge in [-0.25, -0.2) is 8.42 Å². The lowest BCUT2D eigenvalue weighted by Crippen LogP contribution is -2.42. The molecule has 0 spiro atoms. The smallest absolute Gasteiger partial charge is 0.258 e. The standard InChI is InChI=1S/C15H14Cl2N2O3S2/c1-10-5-7-11(8-6-10)23-9-14(20)18-19-24(21,22)13-4-2-3-12(16)15(13)17/h2-8,19H,9H2,1H3,(H,18,20). The summed E-state index contributed by atoms with van der Waals surface area (Å²) in [5, 5.41) is 0.00995. The predicted octanol–water partition coefficient (Wildman–Crippen LogP) is 3.40. The van der Waals surface area contributed by atoms with Crippen molar-refractivity contribution in [2.24, 2.45) is 0 Å². The van der Waals surface area contributed by atoms with Crippen molar-refractivity contribution in [3.63, 3.8) is 0 Å². The number of amides is 1. The van der Waals surface area contributed by atoms with Gasteiger partial charge in [0.05, 0.1) is 15.8 Å². The number of carbonyl (C=O) groups excluding carboxylic acids is 1. The topological polar surface area (TPSA) is 75.3 Å². The van der Waals surface area contributed by atoms with Crippen molar-refractivity contribution in [2.45, 2.75) is 16.7 Å². The first kappa shape index (κ1) is 19.1. The van der Waals surface area contributed by atoms with Crippen molar-refractivity contribution in [1.82, 2.24) is 10.3 Å². The Balaban J connectivity index is 1.93. The summed E-state index contributed by atoms with van der Waals surface area (Å²) < 4.78 is 24.3. The van der Waals surface area contributed by atoms with Gasteiger partial charge in [0, 0.05) is 4.90 Å². The molecule has 2 aromatic rings. The first-order chi connectivity index (χ1) is 11.3. The summed E-state index contributed by atoms with van der Waals surface area (Å²) in [6, 6.07) is 11.9. The van der Waals surface area contributed by atoms with Gasteiger partial charge in [-0.3, -0.25) is 10.2 Å². The molecule has 2 N–H and O–H groups in total. The number of nitrogens with one attached hydrogen (secondary N) is 2. The van der Waals surface area contributed by atoms with E-state index >= 15 is 0 Å². The average Bonchev–Trinajstić information content (AvgIpc) is 2.55. The number of benzene rings is 2. The van der Waals surface area contributed by atoms with Crippen LogP contribution in [0.3, 0.4) is 0 Å². The third kappa shape index (κ3) is 5.12. The summed E-state index contributed by atoms with van der Waals surface area (Å²) in [5.41, 5.74) is 3.27. The number of hydrazine groups is 1. The Morgan fingerprint density at radius 3 is 2.46 bits per heavy atom. The Labute approximate surface area is 154 Å². The molecule has 1 amide bonds. The molecule has 0 atom stereocenters. The van der Waals surface area contributed by atoms with Crippen LogP contribution in [0.4, 0.5) is 0 Å². The summed E-state index contributed by atoms with van der Waals surface area (Å²) in [6.45, 7) is 1.97. The molecule has 0 unspecified atom stereocenters. The number of sulfonamides is 1. The molecule has 24 heavy (non-hydrogen) atoms. The van der Waals surface area contributed by atoms with Crippen molar-refractivity contribution in [3.8, 4) is 0 Å². The summed E-state index contributed by atoms with van der Waals surface area (Å²) in [7, 11) is -4.00. The number of halogens is 2. The second-order valence-corrected chi connectivity index (χ2v) is 8.29. The monoisotopic (exact) mass is 404 g/mol. The van der Waals surface area contributed by atoms with E-state index in [-0.39, 0.29) is 20.7 Å². The summed E-state index contributed by atoms with van der Waals surface area (Å²) in [6.07, 6.45) is 0. The zero-order valence-electron chi connectivity index (χ0n) is 12.5. The zero-order valence-corrected chi connectivity index (χ0v) is 15.7. The molecule has 0 saturated heterocycles. The van der Waals surface area contributed by atoms with Gasteiger partial charge in [-0.2, -0.15) is 0 Å². The summed E-state index contributed by atoms with van der Waals surface area (Å²) in [4.78, 5) is 14.5. The molecule has 0 aliphatic carbocycles. The van der Waals surface area contributed by atoms with Gasteiger partial charge in [-0.05, 0) is 31.2 Å². The van der Waals surface area contributed by atoms with E-state index in [1.54, 1.807) is 0 Å². The second-order valence-electron chi connectivity index (χ2n) is 4.81. The highest BCUT2D eigenvalue weighted by Gasteiger charge is 2.20. The summed E-state index contributed by atoms with van der Waals surface area (Å²) >= 11 is 13.0. The van der Waals surface area contributed by atoms with E-state index in [9.17, 15) is 13.2 Å². The maximum Gasteiger partial charge on any atom is 0.258 e. The molecule has 0 radical (unpaired) electrons. The molecule has 2 aromatic carbocycles. The lowest BCUT2D eigenvalue weighted by Gasteiger charge is -2.10. The lowest BCUT2D eigenvalue weighted by atomic mass is 10.2. The highest BCUT2D eigenvalue weighted by Crippen LogP contribution is 2.28. The van der Waals surface area contributed by atoms with Crippen molar-refractivity contribution < 1.29 is 13.2 Å². The minimum atomic E-state index is -4.00. The summed E-state index contributed by atoms with van der Waals surface area (Å²) in [5.74, 6) is -0.420. The molecule has 128 valence electrons. The number of hydrogen-bond donors (Lipinski definition) is 2. The molecule has 0 aliphatic rings. The maximum atomic E-state index is 12.1. The minimum Gasteiger partial charge on any atom is -0.277 e. The Morgan fingerprint density at radius 2 is 1.79 bits per heavy atom. The van der Waals surface area contributed by atoms with Gasteiger partial charge in [-0.15, -0.1) is 16.6 Å². The van der Waals surface area contributed by atoms with Crippen LogP contribution >= 0.6 is 35.0 Å². The molecule has 0 aromatic heterocycles. The molecular formula is C15H14Cl2N2O3S2. The van der Waals surface area contributed by atoms with Crippen LogP contribution < -0.4 is 10.3 Å². The molecule has 0 bridgehead atoms. The van der Waals surface area contributed by atoms with Crippen LogP contribution in [0.2, 0.25) is 10.0 Å². The van der Waals surface area contributed by atoms with Gasteiger partial charge in [-0.1, -0.05) is 47.0 Å². The van der Waals surface area contributed by atoms with Crippen LogP contribution in [0.5, 0.6) is 0 Å². The number of aryl methyl sites for hydroxylation is 1. The molecule has 0 saturated carbocycles. The maximum absolute atomic E-state index is 12.1. The van der Waals surface area contributed by atoms with Crippen molar-refractivity contribution >= 4 is 50.9 Å². The van der Waals surface area contributed by atoms with E-state index in [2.05, 4.69) is 5.43 Å². The van der Waals surface area contributed by atoms with Crippen LogP contribution in [0.15, 0.2) is 52.3 Å². The number of thioether (sulfide) groups is 1. The number of hydrogen-bond acceptors (Lipinski definition) is 4. The van der Waals surface area contributed by atoms with Crippen molar-refractivity contribution in [1.29, 1.82) is 0 Å². The van der Waals surface area contributed by atoms with Crippen molar-refractivity contribution in [2.75, 3.05) is 5.75 Å². The fourth-order valence-electron chi connectivity index (χ4n) is 1.69. The van der Waals surface area contributed by atoms with Gasteiger partial charge in [0.15, 0.2) is 0 Å². The number of rotatable bonds is 6. The molecular weight excluding hydrogens is 391 g/mol. The van der Waals surface area contributed by atoms with Gasteiger partial charge >= 0.3 is 0 Å². The van der Waals surface area contributed by atoms with Gasteiger partial charge in [0.2, 0.25) is 5.91 Å².